The lowest BCUT2D eigenvalue weighted by molar-refractivity contribution is 0.417. The Morgan fingerprint density at radius 3 is 3.00 bits per heavy atom. The van der Waals surface area contributed by atoms with Gasteiger partial charge in [0.05, 0.1) is 0 Å². The van der Waals surface area contributed by atoms with Gasteiger partial charge in [-0.3, -0.25) is 4.99 Å². The maximum atomic E-state index is 4.52. The average molecular weight is 305 g/mol. The smallest absolute Gasteiger partial charge is 0.0393 e. The van der Waals surface area contributed by atoms with Gasteiger partial charge in [-0.15, -0.1) is 0 Å². The molecule has 1 rings (SSSR count). The van der Waals surface area contributed by atoms with Gasteiger partial charge in [-0.1, -0.05) is 48.1 Å². The molecule has 1 aliphatic carbocycles. The van der Waals surface area contributed by atoms with Crippen LogP contribution in [0.2, 0.25) is 0 Å². The lowest BCUT2D eigenvalue weighted by Gasteiger charge is -2.32. The Balaban J connectivity index is 2.46. The van der Waals surface area contributed by atoms with Crippen LogP contribution in [0.3, 0.4) is 0 Å². The molecule has 0 amide bonds. The van der Waals surface area contributed by atoms with Crippen LogP contribution < -0.4 is 0 Å². The fraction of sp³-hybridized carbons (Fsp3) is 0.750. The van der Waals surface area contributed by atoms with E-state index in [2.05, 4.69) is 47.3 Å². The summed E-state index contributed by atoms with van der Waals surface area (Å²) in [6, 6.07) is 0. The Bertz CT molecular complexity index is 222. The summed E-state index contributed by atoms with van der Waals surface area (Å²) >= 11 is 2.40. The topological polar surface area (TPSA) is 12.4 Å². The van der Waals surface area contributed by atoms with Crippen molar-refractivity contribution in [3.63, 3.8) is 0 Å². The molecule has 80 valence electrons. The van der Waals surface area contributed by atoms with Crippen LogP contribution in [0.25, 0.3) is 0 Å². The molecule has 0 aromatic heterocycles. The number of alkyl halides is 1. The zero-order chi connectivity index (χ0) is 10.4. The van der Waals surface area contributed by atoms with Gasteiger partial charge in [0.1, 0.15) is 0 Å². The molecule has 1 saturated carbocycles. The molecule has 1 nitrogen and oxygen atoms in total. The van der Waals surface area contributed by atoms with Crippen LogP contribution in [0, 0.1) is 5.41 Å². The van der Waals surface area contributed by atoms with Gasteiger partial charge in [0.25, 0.3) is 0 Å². The van der Waals surface area contributed by atoms with E-state index >= 15 is 0 Å². The Hall–Kier alpha value is 0.140. The van der Waals surface area contributed by atoms with E-state index in [9.17, 15) is 0 Å². The minimum Gasteiger partial charge on any atom is -0.297 e. The van der Waals surface area contributed by atoms with E-state index in [-0.39, 0.29) is 5.41 Å². The Morgan fingerprint density at radius 2 is 2.36 bits per heavy atom. The van der Waals surface area contributed by atoms with E-state index < -0.39 is 0 Å². The van der Waals surface area contributed by atoms with Gasteiger partial charge >= 0.3 is 0 Å². The Labute approximate surface area is 101 Å². The van der Waals surface area contributed by atoms with E-state index in [0.29, 0.717) is 0 Å². The molecule has 2 heteroatoms. The second-order valence-electron chi connectivity index (χ2n) is 4.31. The quantitative estimate of drug-likeness (QED) is 0.245. The maximum Gasteiger partial charge on any atom is 0.0393 e. The van der Waals surface area contributed by atoms with Crippen molar-refractivity contribution in [2.24, 2.45) is 10.4 Å². The van der Waals surface area contributed by atoms with Crippen molar-refractivity contribution in [2.75, 3.05) is 11.0 Å². The number of rotatable bonds is 4. The summed E-state index contributed by atoms with van der Waals surface area (Å²) in [4.78, 5) is 4.52. The van der Waals surface area contributed by atoms with Crippen molar-refractivity contribution >= 4 is 28.8 Å². The zero-order valence-electron chi connectivity index (χ0n) is 9.06. The highest BCUT2D eigenvalue weighted by molar-refractivity contribution is 14.1. The highest BCUT2D eigenvalue weighted by Crippen LogP contribution is 2.37. The van der Waals surface area contributed by atoms with E-state index in [4.69, 9.17) is 0 Å². The second kappa shape index (κ2) is 5.89. The third kappa shape index (κ3) is 3.37. The molecule has 0 spiro atoms. The molecular weight excluding hydrogens is 285 g/mol. The molecule has 0 aliphatic heterocycles. The third-order valence-corrected chi connectivity index (χ3v) is 3.79. The van der Waals surface area contributed by atoms with E-state index in [1.807, 2.05) is 0 Å². The van der Waals surface area contributed by atoms with E-state index in [1.54, 1.807) is 0 Å². The van der Waals surface area contributed by atoms with E-state index in [0.717, 1.165) is 6.54 Å². The largest absolute Gasteiger partial charge is 0.297 e. The molecular formula is C12H20IN. The first-order valence-electron chi connectivity index (χ1n) is 5.44. The van der Waals surface area contributed by atoms with Gasteiger partial charge in [0.2, 0.25) is 0 Å². The fourth-order valence-corrected chi connectivity index (χ4v) is 2.21. The van der Waals surface area contributed by atoms with Gasteiger partial charge in [-0.2, -0.15) is 0 Å². The molecule has 14 heavy (non-hydrogen) atoms. The van der Waals surface area contributed by atoms with Crippen LogP contribution in [-0.4, -0.2) is 17.2 Å². The highest BCUT2D eigenvalue weighted by Gasteiger charge is 2.27. The van der Waals surface area contributed by atoms with Gasteiger partial charge in [0, 0.05) is 22.6 Å². The van der Waals surface area contributed by atoms with Crippen molar-refractivity contribution < 1.29 is 0 Å². The molecule has 0 N–H and O–H groups in total. The third-order valence-electron chi connectivity index (χ3n) is 3.03. The Kier molecular flexibility index (Phi) is 5.13. The van der Waals surface area contributed by atoms with Crippen LogP contribution in [-0.2, 0) is 0 Å². The number of hydrogen-bond acceptors (Lipinski definition) is 1. The molecule has 1 fully saturated rings. The first-order valence-corrected chi connectivity index (χ1v) is 6.97. The van der Waals surface area contributed by atoms with Crippen molar-refractivity contribution in [1.82, 2.24) is 0 Å². The molecule has 1 unspecified atom stereocenters. The lowest BCUT2D eigenvalue weighted by Crippen LogP contribution is -2.24. The van der Waals surface area contributed by atoms with Crippen molar-refractivity contribution in [3.8, 4) is 0 Å². The van der Waals surface area contributed by atoms with Crippen molar-refractivity contribution in [1.29, 1.82) is 0 Å². The van der Waals surface area contributed by atoms with Crippen LogP contribution in [0.1, 0.15) is 39.0 Å². The summed E-state index contributed by atoms with van der Waals surface area (Å²) in [5.41, 5.74) is 1.57. The molecule has 0 bridgehead atoms. The molecule has 0 saturated heterocycles. The molecule has 0 heterocycles. The van der Waals surface area contributed by atoms with Crippen LogP contribution in [0.4, 0.5) is 0 Å². The van der Waals surface area contributed by atoms with Gasteiger partial charge < -0.3 is 0 Å². The lowest BCUT2D eigenvalue weighted by atomic mass is 9.73. The SMILES string of the molecule is C=C1CCCCC1(C)/C=N/CCCI. The summed E-state index contributed by atoms with van der Waals surface area (Å²) in [7, 11) is 0. The number of aliphatic imine (C=N–C) groups is 1. The standard InChI is InChI=1S/C12H20IN/c1-11-6-3-4-7-12(11,2)10-14-9-5-8-13/h10H,1,3-9H2,2H3/b14-10+. The minimum absolute atomic E-state index is 0.198. The van der Waals surface area contributed by atoms with Crippen molar-refractivity contribution in [3.05, 3.63) is 12.2 Å². The predicted octanol–water partition coefficient (Wildman–Crippen LogP) is 4.02. The molecule has 0 aromatic carbocycles. The predicted molar refractivity (Wildman–Crippen MR) is 72.6 cm³/mol. The van der Waals surface area contributed by atoms with Crippen LogP contribution >= 0.6 is 22.6 Å². The number of nitrogens with zero attached hydrogens (tertiary/aromatic N) is 1. The first kappa shape index (κ1) is 12.2. The van der Waals surface area contributed by atoms with E-state index in [1.165, 1.54) is 42.1 Å². The highest BCUT2D eigenvalue weighted by atomic mass is 127. The minimum atomic E-state index is 0.198. The second-order valence-corrected chi connectivity index (χ2v) is 5.38. The van der Waals surface area contributed by atoms with Gasteiger partial charge in [-0.05, 0) is 25.7 Å². The molecule has 1 aliphatic rings. The van der Waals surface area contributed by atoms with Gasteiger partial charge in [0.15, 0.2) is 0 Å². The molecule has 1 atom stereocenters. The van der Waals surface area contributed by atoms with Crippen LogP contribution in [0.5, 0.6) is 0 Å². The summed E-state index contributed by atoms with van der Waals surface area (Å²) in [6.45, 7) is 7.43. The maximum absolute atomic E-state index is 4.52. The number of hydrogen-bond donors (Lipinski definition) is 0. The molecule has 0 aromatic rings. The summed E-state index contributed by atoms with van der Waals surface area (Å²) < 4.78 is 1.20. The van der Waals surface area contributed by atoms with Gasteiger partial charge in [-0.25, -0.2) is 0 Å². The monoisotopic (exact) mass is 305 g/mol. The summed E-state index contributed by atoms with van der Waals surface area (Å²) in [5, 5.41) is 0. The summed E-state index contributed by atoms with van der Waals surface area (Å²) in [5.74, 6) is 0. The first-order chi connectivity index (χ1) is 6.69. The number of allylic oxidation sites excluding steroid dienone is 1. The van der Waals surface area contributed by atoms with Crippen molar-refractivity contribution in [2.45, 2.75) is 39.0 Å². The molecule has 0 radical (unpaired) electrons. The average Bonchev–Trinajstić information content (AvgIpc) is 2.18. The Morgan fingerprint density at radius 1 is 1.57 bits per heavy atom. The number of halogens is 1. The zero-order valence-corrected chi connectivity index (χ0v) is 11.2. The summed E-state index contributed by atoms with van der Waals surface area (Å²) in [6.07, 6.45) is 8.42. The fourth-order valence-electron chi connectivity index (χ4n) is 1.87. The van der Waals surface area contributed by atoms with Crippen LogP contribution in [0.15, 0.2) is 17.1 Å². The normalized spacial score (nSPS) is 28.6.